The maximum Gasteiger partial charge on any atom is 0.335 e. The Morgan fingerprint density at radius 2 is 1.05 bits per heavy atom. The molecule has 0 radical (unpaired) electrons. The van der Waals surface area contributed by atoms with Crippen molar-refractivity contribution in [1.82, 2.24) is 0 Å². The molecule has 0 saturated carbocycles. The number of carboxylic acids is 1. The summed E-state index contributed by atoms with van der Waals surface area (Å²) in [7, 11) is 0. The van der Waals surface area contributed by atoms with Crippen LogP contribution in [0.5, 0.6) is 23.0 Å². The Hall–Kier alpha value is -6.01. The van der Waals surface area contributed by atoms with Crippen LogP contribution in [0.3, 0.4) is 0 Å². The number of ether oxygens (including phenoxy) is 2. The zero-order chi connectivity index (χ0) is 30.3. The minimum absolute atomic E-state index is 0.226. The maximum absolute atomic E-state index is 12.2. The summed E-state index contributed by atoms with van der Waals surface area (Å²) >= 11 is 0. The second-order valence-corrected chi connectivity index (χ2v) is 10.8. The van der Waals surface area contributed by atoms with Crippen molar-refractivity contribution in [3.63, 3.8) is 0 Å². The Bertz CT molecular complexity index is 1930. The lowest BCUT2D eigenvalue weighted by Gasteiger charge is -2.34. The molecule has 7 rings (SSSR count). The summed E-state index contributed by atoms with van der Waals surface area (Å²) in [5, 5.41) is 9.99. The van der Waals surface area contributed by atoms with E-state index in [1.165, 1.54) is 0 Å². The van der Waals surface area contributed by atoms with E-state index in [1.54, 1.807) is 24.3 Å². The van der Waals surface area contributed by atoms with Gasteiger partial charge in [0.05, 0.1) is 11.0 Å². The molecule has 0 bridgehead atoms. The molecule has 214 valence electrons. The molecule has 0 aromatic heterocycles. The SMILES string of the molecule is Nc1cccc(Oc2ccc(C3(c4ccc(Oc5cccc(N)c5)cc4)c4ccccc4-c4ccc(C(=O)O)cc43)cc2)c1. The van der Waals surface area contributed by atoms with E-state index in [-0.39, 0.29) is 5.56 Å². The van der Waals surface area contributed by atoms with Crippen molar-refractivity contribution in [1.29, 1.82) is 0 Å². The highest BCUT2D eigenvalue weighted by atomic mass is 16.5. The summed E-state index contributed by atoms with van der Waals surface area (Å²) < 4.78 is 12.2. The number of benzene rings is 6. The fraction of sp³-hybridized carbons (Fsp3) is 0.0263. The van der Waals surface area contributed by atoms with Gasteiger partial charge in [-0.2, -0.15) is 0 Å². The molecule has 44 heavy (non-hydrogen) atoms. The van der Waals surface area contributed by atoms with Crippen LogP contribution < -0.4 is 20.9 Å². The first kappa shape index (κ1) is 26.9. The number of nitrogens with two attached hydrogens (primary N) is 2. The summed E-state index contributed by atoms with van der Waals surface area (Å²) in [5.74, 6) is 1.63. The number of aromatic carboxylic acids is 1. The maximum atomic E-state index is 12.2. The van der Waals surface area contributed by atoms with E-state index in [0.717, 1.165) is 33.4 Å². The van der Waals surface area contributed by atoms with Gasteiger partial charge in [0, 0.05) is 23.5 Å². The minimum atomic E-state index is -0.977. The van der Waals surface area contributed by atoms with Gasteiger partial charge in [0.15, 0.2) is 0 Å². The Morgan fingerprint density at radius 1 is 0.523 bits per heavy atom. The molecule has 1 aliphatic rings. The van der Waals surface area contributed by atoms with E-state index >= 15 is 0 Å². The molecule has 0 saturated heterocycles. The number of carboxylic acid groups (broad SMARTS) is 1. The zero-order valence-corrected chi connectivity index (χ0v) is 23.6. The van der Waals surface area contributed by atoms with Gasteiger partial charge in [0.2, 0.25) is 0 Å². The molecule has 0 unspecified atom stereocenters. The van der Waals surface area contributed by atoms with Crippen LogP contribution in [0.1, 0.15) is 32.6 Å². The van der Waals surface area contributed by atoms with Gasteiger partial charge in [0.1, 0.15) is 23.0 Å². The predicted molar refractivity (Wildman–Crippen MR) is 173 cm³/mol. The van der Waals surface area contributed by atoms with Crippen molar-refractivity contribution in [2.24, 2.45) is 0 Å². The zero-order valence-electron chi connectivity index (χ0n) is 23.6. The first-order chi connectivity index (χ1) is 21.4. The van der Waals surface area contributed by atoms with E-state index in [4.69, 9.17) is 20.9 Å². The van der Waals surface area contributed by atoms with E-state index in [0.29, 0.717) is 34.4 Å². The Labute approximate surface area is 254 Å². The van der Waals surface area contributed by atoms with Gasteiger partial charge in [0.25, 0.3) is 0 Å². The lowest BCUT2D eigenvalue weighted by molar-refractivity contribution is 0.0696. The molecular weight excluding hydrogens is 548 g/mol. The molecule has 5 N–H and O–H groups in total. The number of fused-ring (bicyclic) bond motifs is 3. The third kappa shape index (κ3) is 4.59. The number of anilines is 2. The van der Waals surface area contributed by atoms with E-state index in [1.807, 2.05) is 103 Å². The molecule has 1 aliphatic carbocycles. The fourth-order valence-electron chi connectivity index (χ4n) is 6.18. The largest absolute Gasteiger partial charge is 0.478 e. The van der Waals surface area contributed by atoms with Crippen LogP contribution in [0.4, 0.5) is 11.4 Å². The van der Waals surface area contributed by atoms with Gasteiger partial charge >= 0.3 is 5.97 Å². The van der Waals surface area contributed by atoms with Crippen molar-refractivity contribution >= 4 is 17.3 Å². The molecule has 0 aliphatic heterocycles. The summed E-state index contributed by atoms with van der Waals surface area (Å²) in [6.45, 7) is 0. The second kappa shape index (κ2) is 10.7. The van der Waals surface area contributed by atoms with Crippen molar-refractivity contribution < 1.29 is 19.4 Å². The average Bonchev–Trinajstić information content (AvgIpc) is 3.32. The first-order valence-electron chi connectivity index (χ1n) is 14.2. The van der Waals surface area contributed by atoms with Gasteiger partial charge < -0.3 is 26.0 Å². The third-order valence-electron chi connectivity index (χ3n) is 8.05. The van der Waals surface area contributed by atoms with Crippen molar-refractivity contribution in [2.45, 2.75) is 5.41 Å². The smallest absolute Gasteiger partial charge is 0.335 e. The summed E-state index contributed by atoms with van der Waals surface area (Å²) in [6.07, 6.45) is 0. The summed E-state index contributed by atoms with van der Waals surface area (Å²) in [4.78, 5) is 12.2. The molecule has 0 spiro atoms. The third-order valence-corrected chi connectivity index (χ3v) is 8.05. The normalized spacial score (nSPS) is 12.6. The summed E-state index contributed by atoms with van der Waals surface area (Å²) in [6, 6.07) is 44.1. The standard InChI is InChI=1S/C38H28N2O4/c39-27-5-3-7-31(22-27)43-29-16-12-25(13-17-29)38(26-14-18-30(19-15-26)44-32-8-4-6-28(40)23-32)35-10-2-1-9-33(35)34-20-11-24(37(41)42)21-36(34)38/h1-23H,39-40H2,(H,41,42). The van der Waals surface area contributed by atoms with E-state index < -0.39 is 11.4 Å². The number of carbonyl (C=O) groups is 1. The lowest BCUT2D eigenvalue weighted by Crippen LogP contribution is -2.28. The Balaban J connectivity index is 1.39. The molecule has 0 atom stereocenters. The van der Waals surface area contributed by atoms with Gasteiger partial charge in [-0.25, -0.2) is 4.79 Å². The van der Waals surface area contributed by atoms with E-state index in [9.17, 15) is 9.90 Å². The highest BCUT2D eigenvalue weighted by Crippen LogP contribution is 2.56. The van der Waals surface area contributed by atoms with Crippen molar-refractivity contribution in [2.75, 3.05) is 11.5 Å². The number of rotatable bonds is 7. The highest BCUT2D eigenvalue weighted by Gasteiger charge is 2.46. The fourth-order valence-corrected chi connectivity index (χ4v) is 6.18. The van der Waals surface area contributed by atoms with Crippen LogP contribution >= 0.6 is 0 Å². The highest BCUT2D eigenvalue weighted by molar-refractivity contribution is 5.93. The van der Waals surface area contributed by atoms with Gasteiger partial charge in [-0.05, 0) is 94.0 Å². The molecule has 6 aromatic carbocycles. The number of nitrogen functional groups attached to an aromatic ring is 2. The van der Waals surface area contributed by atoms with Crippen molar-refractivity contribution in [3.05, 3.63) is 167 Å². The topological polar surface area (TPSA) is 108 Å². The number of hydrogen-bond acceptors (Lipinski definition) is 5. The van der Waals surface area contributed by atoms with Crippen LogP contribution in [0.15, 0.2) is 140 Å². The van der Waals surface area contributed by atoms with Crippen LogP contribution in [0.25, 0.3) is 11.1 Å². The molecule has 6 heteroatoms. The van der Waals surface area contributed by atoms with Gasteiger partial charge in [-0.15, -0.1) is 0 Å². The van der Waals surface area contributed by atoms with Crippen LogP contribution in [0, 0.1) is 0 Å². The molecule has 0 amide bonds. The van der Waals surface area contributed by atoms with Gasteiger partial charge in [-0.1, -0.05) is 66.7 Å². The van der Waals surface area contributed by atoms with Crippen LogP contribution in [-0.2, 0) is 5.41 Å². The Morgan fingerprint density at radius 3 is 1.57 bits per heavy atom. The van der Waals surface area contributed by atoms with Crippen LogP contribution in [-0.4, -0.2) is 11.1 Å². The number of hydrogen-bond donors (Lipinski definition) is 3. The quantitative estimate of drug-likeness (QED) is 0.164. The molecule has 6 nitrogen and oxygen atoms in total. The molecular formula is C38H28N2O4. The van der Waals surface area contributed by atoms with Crippen LogP contribution in [0.2, 0.25) is 0 Å². The minimum Gasteiger partial charge on any atom is -0.478 e. The van der Waals surface area contributed by atoms with Crippen molar-refractivity contribution in [3.8, 4) is 34.1 Å². The second-order valence-electron chi connectivity index (χ2n) is 10.8. The average molecular weight is 577 g/mol. The first-order valence-corrected chi connectivity index (χ1v) is 14.2. The Kier molecular flexibility index (Phi) is 6.52. The van der Waals surface area contributed by atoms with Gasteiger partial charge in [-0.3, -0.25) is 0 Å². The summed E-state index contributed by atoms with van der Waals surface area (Å²) in [5.41, 5.74) is 18.5. The molecule has 6 aromatic rings. The lowest BCUT2D eigenvalue weighted by atomic mass is 9.67. The molecule has 0 fully saturated rings. The molecule has 0 heterocycles. The monoisotopic (exact) mass is 576 g/mol. The van der Waals surface area contributed by atoms with E-state index in [2.05, 4.69) is 12.1 Å². The predicted octanol–water partition coefficient (Wildman–Crippen LogP) is 8.50.